The molecule has 0 saturated carbocycles. The van der Waals surface area contributed by atoms with Crippen LogP contribution >= 0.6 is 11.3 Å². The molecule has 0 atom stereocenters. The minimum absolute atomic E-state index is 0.305. The van der Waals surface area contributed by atoms with Crippen molar-refractivity contribution in [2.45, 2.75) is 33.6 Å². The van der Waals surface area contributed by atoms with E-state index in [9.17, 15) is 4.79 Å². The Hall–Kier alpha value is -1.34. The SMILES string of the molecule is CCOC(=O)c1sc(CC)c(C#N)c1CC. The number of hydrogen-bond donors (Lipinski definition) is 0. The quantitative estimate of drug-likeness (QED) is 0.756. The number of esters is 1. The van der Waals surface area contributed by atoms with E-state index >= 15 is 0 Å². The second kappa shape index (κ2) is 5.66. The van der Waals surface area contributed by atoms with Crippen molar-refractivity contribution in [3.05, 3.63) is 20.9 Å². The van der Waals surface area contributed by atoms with Crippen molar-refractivity contribution in [2.75, 3.05) is 6.61 Å². The Kier molecular flexibility index (Phi) is 4.51. The second-order valence-electron chi connectivity index (χ2n) is 3.25. The highest BCUT2D eigenvalue weighted by Crippen LogP contribution is 2.29. The summed E-state index contributed by atoms with van der Waals surface area (Å²) in [6, 6.07) is 2.19. The van der Waals surface area contributed by atoms with Crippen LogP contribution in [0.5, 0.6) is 0 Å². The van der Waals surface area contributed by atoms with Crippen molar-refractivity contribution in [3.63, 3.8) is 0 Å². The first-order valence-electron chi connectivity index (χ1n) is 5.41. The predicted octanol–water partition coefficient (Wildman–Crippen LogP) is 2.92. The molecule has 0 aliphatic carbocycles. The largest absolute Gasteiger partial charge is 0.462 e. The monoisotopic (exact) mass is 237 g/mol. The maximum absolute atomic E-state index is 11.7. The predicted molar refractivity (Wildman–Crippen MR) is 63.7 cm³/mol. The average Bonchev–Trinajstić information content (AvgIpc) is 2.66. The summed E-state index contributed by atoms with van der Waals surface area (Å²) in [5, 5.41) is 9.09. The summed E-state index contributed by atoms with van der Waals surface area (Å²) in [5.41, 5.74) is 1.50. The summed E-state index contributed by atoms with van der Waals surface area (Å²) in [4.78, 5) is 13.3. The van der Waals surface area contributed by atoms with Gasteiger partial charge in [0.2, 0.25) is 0 Å². The van der Waals surface area contributed by atoms with E-state index in [-0.39, 0.29) is 5.97 Å². The highest BCUT2D eigenvalue weighted by atomic mass is 32.1. The van der Waals surface area contributed by atoms with Crippen molar-refractivity contribution in [2.24, 2.45) is 0 Å². The molecule has 0 aromatic carbocycles. The van der Waals surface area contributed by atoms with Crippen LogP contribution in [-0.2, 0) is 17.6 Å². The van der Waals surface area contributed by atoms with Crippen molar-refractivity contribution in [1.29, 1.82) is 5.26 Å². The summed E-state index contributed by atoms with van der Waals surface area (Å²) in [5.74, 6) is -0.305. The van der Waals surface area contributed by atoms with E-state index in [1.54, 1.807) is 6.92 Å². The van der Waals surface area contributed by atoms with Crippen LogP contribution in [0.2, 0.25) is 0 Å². The zero-order valence-electron chi connectivity index (χ0n) is 9.79. The van der Waals surface area contributed by atoms with E-state index in [4.69, 9.17) is 10.00 Å². The van der Waals surface area contributed by atoms with Gasteiger partial charge in [-0.3, -0.25) is 0 Å². The molecule has 0 spiro atoms. The molecule has 0 fully saturated rings. The van der Waals surface area contributed by atoms with Gasteiger partial charge in [-0.1, -0.05) is 13.8 Å². The molecule has 0 aliphatic heterocycles. The van der Waals surface area contributed by atoms with Crippen LogP contribution in [0.3, 0.4) is 0 Å². The van der Waals surface area contributed by atoms with E-state index in [1.165, 1.54) is 11.3 Å². The van der Waals surface area contributed by atoms with Gasteiger partial charge in [-0.05, 0) is 25.3 Å². The third-order valence-electron chi connectivity index (χ3n) is 2.33. The first-order valence-corrected chi connectivity index (χ1v) is 6.22. The number of aryl methyl sites for hydroxylation is 1. The minimum Gasteiger partial charge on any atom is -0.462 e. The molecule has 0 saturated heterocycles. The first-order chi connectivity index (χ1) is 7.69. The Morgan fingerprint density at radius 3 is 2.50 bits per heavy atom. The van der Waals surface area contributed by atoms with Crippen LogP contribution in [0.1, 0.15) is 46.4 Å². The van der Waals surface area contributed by atoms with Crippen LogP contribution < -0.4 is 0 Å². The lowest BCUT2D eigenvalue weighted by Gasteiger charge is -2.01. The Labute approximate surface area is 99.7 Å². The molecule has 0 radical (unpaired) electrons. The van der Waals surface area contributed by atoms with Crippen molar-refractivity contribution >= 4 is 17.3 Å². The van der Waals surface area contributed by atoms with Crippen LogP contribution in [-0.4, -0.2) is 12.6 Å². The van der Waals surface area contributed by atoms with Gasteiger partial charge in [0.1, 0.15) is 10.9 Å². The molecule has 3 nitrogen and oxygen atoms in total. The molecule has 0 N–H and O–H groups in total. The smallest absolute Gasteiger partial charge is 0.348 e. The molecule has 0 bridgehead atoms. The van der Waals surface area contributed by atoms with Gasteiger partial charge in [0, 0.05) is 4.88 Å². The molecular weight excluding hydrogens is 222 g/mol. The van der Waals surface area contributed by atoms with Gasteiger partial charge < -0.3 is 4.74 Å². The fraction of sp³-hybridized carbons (Fsp3) is 0.500. The molecule has 1 aromatic rings. The molecule has 0 amide bonds. The van der Waals surface area contributed by atoms with Gasteiger partial charge in [0.05, 0.1) is 12.2 Å². The van der Waals surface area contributed by atoms with Crippen molar-refractivity contribution < 1.29 is 9.53 Å². The third-order valence-corrected chi connectivity index (χ3v) is 3.68. The van der Waals surface area contributed by atoms with E-state index in [0.717, 1.165) is 16.9 Å². The number of ether oxygens (including phenoxy) is 1. The van der Waals surface area contributed by atoms with Gasteiger partial charge in [-0.2, -0.15) is 5.26 Å². The lowest BCUT2D eigenvalue weighted by atomic mass is 10.1. The maximum Gasteiger partial charge on any atom is 0.348 e. The minimum atomic E-state index is -0.305. The zero-order chi connectivity index (χ0) is 12.1. The van der Waals surface area contributed by atoms with Crippen LogP contribution in [0, 0.1) is 11.3 Å². The third kappa shape index (κ3) is 2.25. The molecule has 1 heterocycles. The summed E-state index contributed by atoms with van der Waals surface area (Å²) < 4.78 is 4.99. The number of carbonyl (C=O) groups excluding carboxylic acids is 1. The lowest BCUT2D eigenvalue weighted by molar-refractivity contribution is 0.0531. The first kappa shape index (κ1) is 12.7. The van der Waals surface area contributed by atoms with Gasteiger partial charge in [-0.25, -0.2) is 4.79 Å². The van der Waals surface area contributed by atoms with E-state index in [1.807, 2.05) is 13.8 Å². The summed E-state index contributed by atoms with van der Waals surface area (Å²) >= 11 is 1.39. The molecule has 0 aliphatic rings. The highest BCUT2D eigenvalue weighted by molar-refractivity contribution is 7.14. The standard InChI is InChI=1S/C12H15NO2S/c1-4-8-9(7-13)10(5-2)16-11(8)12(14)15-6-3/h4-6H2,1-3H3. The molecule has 4 heteroatoms. The Morgan fingerprint density at radius 2 is 2.06 bits per heavy atom. The number of thiophene rings is 1. The van der Waals surface area contributed by atoms with Crippen molar-refractivity contribution in [3.8, 4) is 6.07 Å². The van der Waals surface area contributed by atoms with E-state index in [0.29, 0.717) is 23.5 Å². The molecule has 1 aromatic heterocycles. The lowest BCUT2D eigenvalue weighted by Crippen LogP contribution is -2.05. The molecule has 86 valence electrons. The highest BCUT2D eigenvalue weighted by Gasteiger charge is 2.21. The number of nitrogens with zero attached hydrogens (tertiary/aromatic N) is 1. The number of nitriles is 1. The molecule has 0 unspecified atom stereocenters. The average molecular weight is 237 g/mol. The van der Waals surface area contributed by atoms with Gasteiger partial charge in [0.15, 0.2) is 0 Å². The fourth-order valence-electron chi connectivity index (χ4n) is 1.60. The molecular formula is C12H15NO2S. The second-order valence-corrected chi connectivity index (χ2v) is 4.35. The summed E-state index contributed by atoms with van der Waals surface area (Å²) in [6.07, 6.45) is 1.47. The fourth-order valence-corrected chi connectivity index (χ4v) is 2.77. The number of hydrogen-bond acceptors (Lipinski definition) is 4. The van der Waals surface area contributed by atoms with Crippen molar-refractivity contribution in [1.82, 2.24) is 0 Å². The van der Waals surface area contributed by atoms with Crippen LogP contribution in [0.4, 0.5) is 0 Å². The molecule has 1 rings (SSSR count). The normalized spacial score (nSPS) is 9.88. The Balaban J connectivity index is 3.24. The zero-order valence-corrected chi connectivity index (χ0v) is 10.6. The van der Waals surface area contributed by atoms with Gasteiger partial charge in [-0.15, -0.1) is 11.3 Å². The van der Waals surface area contributed by atoms with E-state index < -0.39 is 0 Å². The number of rotatable bonds is 4. The summed E-state index contributed by atoms with van der Waals surface area (Å²) in [6.45, 7) is 6.08. The van der Waals surface area contributed by atoms with Gasteiger partial charge in [0.25, 0.3) is 0 Å². The number of carbonyl (C=O) groups is 1. The van der Waals surface area contributed by atoms with E-state index in [2.05, 4.69) is 6.07 Å². The summed E-state index contributed by atoms with van der Waals surface area (Å²) in [7, 11) is 0. The van der Waals surface area contributed by atoms with Crippen LogP contribution in [0.25, 0.3) is 0 Å². The topological polar surface area (TPSA) is 50.1 Å². The van der Waals surface area contributed by atoms with Crippen LogP contribution in [0.15, 0.2) is 0 Å². The maximum atomic E-state index is 11.7. The molecule has 16 heavy (non-hydrogen) atoms. The van der Waals surface area contributed by atoms with Gasteiger partial charge >= 0.3 is 5.97 Å². The Morgan fingerprint density at radius 1 is 1.38 bits per heavy atom. The Bertz CT molecular complexity index is 429.